The van der Waals surface area contributed by atoms with Gasteiger partial charge in [0.2, 0.25) is 5.91 Å². The van der Waals surface area contributed by atoms with E-state index >= 15 is 0 Å². The molecule has 0 fully saturated rings. The number of amides is 1. The van der Waals surface area contributed by atoms with E-state index in [1.807, 2.05) is 0 Å². The van der Waals surface area contributed by atoms with Gasteiger partial charge in [-0.15, -0.1) is 11.6 Å². The first-order valence-corrected chi connectivity index (χ1v) is 6.95. The van der Waals surface area contributed by atoms with Crippen molar-refractivity contribution in [3.63, 3.8) is 0 Å². The summed E-state index contributed by atoms with van der Waals surface area (Å²) in [4.78, 5) is 28.6. The fourth-order valence-electron chi connectivity index (χ4n) is 1.50. The molecule has 0 saturated heterocycles. The predicted octanol–water partition coefficient (Wildman–Crippen LogP) is 2.82. The van der Waals surface area contributed by atoms with Crippen LogP contribution in [0, 0.1) is 5.41 Å². The normalized spacial score (nSPS) is 11.8. The SMILES string of the molecule is CC(C)(CCl)C(=O)Nc1cc2[nH]c(=O)[nH]c2cc1Br. The molecule has 0 aliphatic rings. The smallest absolute Gasteiger partial charge is 0.323 e. The van der Waals surface area contributed by atoms with Crippen molar-refractivity contribution in [2.24, 2.45) is 5.41 Å². The molecule has 1 heterocycles. The maximum absolute atomic E-state index is 12.1. The molecule has 102 valence electrons. The Labute approximate surface area is 122 Å². The van der Waals surface area contributed by atoms with Crippen LogP contribution in [-0.4, -0.2) is 21.8 Å². The van der Waals surface area contributed by atoms with Gasteiger partial charge in [-0.1, -0.05) is 0 Å². The third-order valence-electron chi connectivity index (χ3n) is 2.80. The monoisotopic (exact) mass is 345 g/mol. The Balaban J connectivity index is 2.37. The number of fused-ring (bicyclic) bond motifs is 1. The molecule has 19 heavy (non-hydrogen) atoms. The summed E-state index contributed by atoms with van der Waals surface area (Å²) in [5.74, 6) is 0.0418. The number of hydrogen-bond acceptors (Lipinski definition) is 2. The number of rotatable bonds is 3. The molecule has 0 saturated carbocycles. The van der Waals surface area contributed by atoms with E-state index in [1.54, 1.807) is 26.0 Å². The van der Waals surface area contributed by atoms with Gasteiger partial charge in [0.15, 0.2) is 0 Å². The minimum absolute atomic E-state index is 0.180. The van der Waals surface area contributed by atoms with Gasteiger partial charge in [-0.05, 0) is 41.9 Å². The summed E-state index contributed by atoms with van der Waals surface area (Å²) in [6, 6.07) is 3.43. The van der Waals surface area contributed by atoms with Crippen molar-refractivity contribution in [2.75, 3.05) is 11.2 Å². The molecule has 0 aliphatic heterocycles. The molecular formula is C12H13BrClN3O2. The fourth-order valence-corrected chi connectivity index (χ4v) is 2.07. The van der Waals surface area contributed by atoms with E-state index in [2.05, 4.69) is 31.2 Å². The zero-order valence-electron chi connectivity index (χ0n) is 10.4. The maximum Gasteiger partial charge on any atom is 0.323 e. The fraction of sp³-hybridized carbons (Fsp3) is 0.333. The van der Waals surface area contributed by atoms with Crippen LogP contribution in [0.3, 0.4) is 0 Å². The molecule has 2 rings (SSSR count). The number of carbonyl (C=O) groups excluding carboxylic acids is 1. The van der Waals surface area contributed by atoms with Gasteiger partial charge in [0.1, 0.15) is 0 Å². The second kappa shape index (κ2) is 5.02. The summed E-state index contributed by atoms with van der Waals surface area (Å²) < 4.78 is 0.689. The van der Waals surface area contributed by atoms with E-state index < -0.39 is 5.41 Å². The lowest BCUT2D eigenvalue weighted by Crippen LogP contribution is -2.32. The highest BCUT2D eigenvalue weighted by Gasteiger charge is 2.27. The zero-order valence-corrected chi connectivity index (χ0v) is 12.8. The molecule has 0 spiro atoms. The summed E-state index contributed by atoms with van der Waals surface area (Å²) in [7, 11) is 0. The van der Waals surface area contributed by atoms with E-state index in [0.717, 1.165) is 0 Å². The Morgan fingerprint density at radius 1 is 1.37 bits per heavy atom. The second-order valence-electron chi connectivity index (χ2n) is 4.93. The topological polar surface area (TPSA) is 77.8 Å². The minimum atomic E-state index is -0.665. The Hall–Kier alpha value is -1.27. The zero-order chi connectivity index (χ0) is 14.2. The van der Waals surface area contributed by atoms with E-state index in [4.69, 9.17) is 11.6 Å². The van der Waals surface area contributed by atoms with Gasteiger partial charge in [0.25, 0.3) is 0 Å². The highest BCUT2D eigenvalue weighted by atomic mass is 79.9. The van der Waals surface area contributed by atoms with Crippen molar-refractivity contribution in [3.05, 3.63) is 27.1 Å². The molecule has 0 aliphatic carbocycles. The number of aromatic nitrogens is 2. The molecule has 1 aromatic carbocycles. The van der Waals surface area contributed by atoms with E-state index in [0.29, 0.717) is 21.2 Å². The predicted molar refractivity (Wildman–Crippen MR) is 79.8 cm³/mol. The van der Waals surface area contributed by atoms with Gasteiger partial charge in [0, 0.05) is 10.4 Å². The van der Waals surface area contributed by atoms with Gasteiger partial charge >= 0.3 is 5.69 Å². The Kier molecular flexibility index (Phi) is 3.73. The molecule has 1 amide bonds. The molecule has 5 nitrogen and oxygen atoms in total. The van der Waals surface area contributed by atoms with Crippen LogP contribution in [0.1, 0.15) is 13.8 Å². The van der Waals surface area contributed by atoms with Crippen LogP contribution in [0.5, 0.6) is 0 Å². The van der Waals surface area contributed by atoms with Gasteiger partial charge in [0.05, 0.1) is 22.1 Å². The molecule has 0 bridgehead atoms. The first-order chi connectivity index (χ1) is 8.83. The number of H-pyrrole nitrogens is 2. The quantitative estimate of drug-likeness (QED) is 0.747. The van der Waals surface area contributed by atoms with Gasteiger partial charge < -0.3 is 15.3 Å². The van der Waals surface area contributed by atoms with Crippen molar-refractivity contribution >= 4 is 50.2 Å². The number of aromatic amines is 2. The van der Waals surface area contributed by atoms with Crippen molar-refractivity contribution in [2.45, 2.75) is 13.8 Å². The number of nitrogens with one attached hydrogen (secondary N) is 3. The number of carbonyl (C=O) groups is 1. The first kappa shape index (κ1) is 14.1. The second-order valence-corrected chi connectivity index (χ2v) is 6.05. The molecular weight excluding hydrogens is 334 g/mol. The van der Waals surface area contributed by atoms with Crippen LogP contribution < -0.4 is 11.0 Å². The Morgan fingerprint density at radius 2 is 1.95 bits per heavy atom. The molecule has 0 radical (unpaired) electrons. The van der Waals surface area contributed by atoms with Crippen LogP contribution >= 0.6 is 27.5 Å². The number of hydrogen-bond donors (Lipinski definition) is 3. The summed E-state index contributed by atoms with van der Waals surface area (Å²) in [5.41, 5.74) is 0.942. The number of imidazole rings is 1. The van der Waals surface area contributed by atoms with Gasteiger partial charge in [-0.2, -0.15) is 0 Å². The number of benzene rings is 1. The Bertz CT molecular complexity index is 690. The van der Waals surface area contributed by atoms with Crippen molar-refractivity contribution in [1.29, 1.82) is 0 Å². The van der Waals surface area contributed by atoms with Crippen molar-refractivity contribution in [1.82, 2.24) is 9.97 Å². The highest BCUT2D eigenvalue weighted by molar-refractivity contribution is 9.10. The lowest BCUT2D eigenvalue weighted by molar-refractivity contribution is -0.122. The standard InChI is InChI=1S/C12H13BrClN3O2/c1-12(2,5-14)10(18)15-7-4-9-8(3-6(7)13)16-11(19)17-9/h3-4H,5H2,1-2H3,(H,15,18)(H2,16,17,19). The van der Waals surface area contributed by atoms with E-state index in [1.165, 1.54) is 0 Å². The highest BCUT2D eigenvalue weighted by Crippen LogP contribution is 2.28. The minimum Gasteiger partial charge on any atom is -0.324 e. The molecule has 3 N–H and O–H groups in total. The lowest BCUT2D eigenvalue weighted by Gasteiger charge is -2.20. The van der Waals surface area contributed by atoms with E-state index in [-0.39, 0.29) is 17.5 Å². The van der Waals surface area contributed by atoms with Crippen LogP contribution in [0.25, 0.3) is 11.0 Å². The maximum atomic E-state index is 12.1. The average Bonchev–Trinajstić information content (AvgIpc) is 2.68. The summed E-state index contributed by atoms with van der Waals surface area (Å²) in [6.45, 7) is 3.53. The largest absolute Gasteiger partial charge is 0.324 e. The lowest BCUT2D eigenvalue weighted by atomic mass is 9.95. The molecule has 7 heteroatoms. The van der Waals surface area contributed by atoms with Crippen LogP contribution in [0.15, 0.2) is 21.4 Å². The summed E-state index contributed by atoms with van der Waals surface area (Å²) in [5, 5.41) is 2.80. The number of alkyl halides is 1. The first-order valence-electron chi connectivity index (χ1n) is 5.62. The molecule has 0 atom stereocenters. The van der Waals surface area contributed by atoms with Crippen LogP contribution in [0.2, 0.25) is 0 Å². The third-order valence-corrected chi connectivity index (χ3v) is 4.12. The summed E-state index contributed by atoms with van der Waals surface area (Å²) >= 11 is 9.13. The summed E-state index contributed by atoms with van der Waals surface area (Å²) in [6.07, 6.45) is 0. The van der Waals surface area contributed by atoms with Crippen molar-refractivity contribution in [3.8, 4) is 0 Å². The third kappa shape index (κ3) is 2.84. The number of halogens is 2. The van der Waals surface area contributed by atoms with Gasteiger partial charge in [-0.3, -0.25) is 4.79 Å². The average molecular weight is 347 g/mol. The molecule has 2 aromatic rings. The molecule has 1 aromatic heterocycles. The van der Waals surface area contributed by atoms with Crippen molar-refractivity contribution < 1.29 is 4.79 Å². The molecule has 0 unspecified atom stereocenters. The van der Waals surface area contributed by atoms with Crippen LogP contribution in [-0.2, 0) is 4.79 Å². The number of anilines is 1. The van der Waals surface area contributed by atoms with Gasteiger partial charge in [-0.25, -0.2) is 4.79 Å². The Morgan fingerprint density at radius 3 is 2.53 bits per heavy atom. The van der Waals surface area contributed by atoms with Crippen LogP contribution in [0.4, 0.5) is 5.69 Å². The van der Waals surface area contributed by atoms with E-state index in [9.17, 15) is 9.59 Å².